The molecule has 0 aromatic carbocycles. The number of hydrogen-bond acceptors (Lipinski definition) is 3. The SMILES string of the molecule is CC1(C)C(=O)NCC(=O)N1Cc1ccccn1. The third-order valence-electron chi connectivity index (χ3n) is 2.98. The molecule has 5 nitrogen and oxygen atoms in total. The van der Waals surface area contributed by atoms with Crippen LogP contribution in [-0.2, 0) is 16.1 Å². The fourth-order valence-electron chi connectivity index (χ4n) is 1.84. The Hall–Kier alpha value is -1.91. The van der Waals surface area contributed by atoms with E-state index in [0.717, 1.165) is 5.69 Å². The number of piperazine rings is 1. The van der Waals surface area contributed by atoms with Crippen molar-refractivity contribution in [3.05, 3.63) is 30.1 Å². The molecule has 1 fully saturated rings. The minimum Gasteiger partial charge on any atom is -0.345 e. The van der Waals surface area contributed by atoms with E-state index < -0.39 is 5.54 Å². The van der Waals surface area contributed by atoms with Gasteiger partial charge in [0.05, 0.1) is 18.8 Å². The van der Waals surface area contributed by atoms with Crippen LogP contribution in [0.15, 0.2) is 24.4 Å². The van der Waals surface area contributed by atoms with Crippen LogP contribution in [0.1, 0.15) is 19.5 Å². The topological polar surface area (TPSA) is 62.3 Å². The zero-order valence-electron chi connectivity index (χ0n) is 9.93. The molecule has 0 aliphatic carbocycles. The van der Waals surface area contributed by atoms with Crippen molar-refractivity contribution in [1.29, 1.82) is 0 Å². The van der Waals surface area contributed by atoms with Crippen LogP contribution in [0.4, 0.5) is 0 Å². The highest BCUT2D eigenvalue weighted by Gasteiger charge is 2.41. The van der Waals surface area contributed by atoms with Gasteiger partial charge in [-0.25, -0.2) is 0 Å². The monoisotopic (exact) mass is 233 g/mol. The van der Waals surface area contributed by atoms with Crippen molar-refractivity contribution < 1.29 is 9.59 Å². The molecule has 0 saturated carbocycles. The molecule has 2 rings (SSSR count). The van der Waals surface area contributed by atoms with Crippen LogP contribution in [0.25, 0.3) is 0 Å². The normalized spacial score (nSPS) is 19.1. The highest BCUT2D eigenvalue weighted by Crippen LogP contribution is 2.20. The van der Waals surface area contributed by atoms with Crippen molar-refractivity contribution in [3.8, 4) is 0 Å². The van der Waals surface area contributed by atoms with E-state index in [4.69, 9.17) is 0 Å². The third kappa shape index (κ3) is 2.13. The van der Waals surface area contributed by atoms with Crippen molar-refractivity contribution in [2.24, 2.45) is 0 Å². The van der Waals surface area contributed by atoms with Crippen LogP contribution in [0.3, 0.4) is 0 Å². The average molecular weight is 233 g/mol. The van der Waals surface area contributed by atoms with Crippen LogP contribution in [0.2, 0.25) is 0 Å². The van der Waals surface area contributed by atoms with E-state index in [1.165, 1.54) is 0 Å². The highest BCUT2D eigenvalue weighted by molar-refractivity contribution is 5.97. The molecule has 90 valence electrons. The maximum Gasteiger partial charge on any atom is 0.245 e. The highest BCUT2D eigenvalue weighted by atomic mass is 16.2. The van der Waals surface area contributed by atoms with Gasteiger partial charge in [-0.3, -0.25) is 14.6 Å². The van der Waals surface area contributed by atoms with Gasteiger partial charge < -0.3 is 10.2 Å². The van der Waals surface area contributed by atoms with E-state index in [1.807, 2.05) is 18.2 Å². The molecule has 0 spiro atoms. The first-order chi connectivity index (χ1) is 8.01. The van der Waals surface area contributed by atoms with Crippen LogP contribution in [-0.4, -0.2) is 33.8 Å². The predicted octanol–water partition coefficient (Wildman–Crippen LogP) is 0.319. The molecule has 1 aromatic rings. The van der Waals surface area contributed by atoms with Gasteiger partial charge in [-0.2, -0.15) is 0 Å². The van der Waals surface area contributed by atoms with E-state index in [1.54, 1.807) is 24.9 Å². The summed E-state index contributed by atoms with van der Waals surface area (Å²) in [4.78, 5) is 29.3. The largest absolute Gasteiger partial charge is 0.345 e. The standard InChI is InChI=1S/C12H15N3O2/c1-12(2)11(17)14-7-10(16)15(12)8-9-5-3-4-6-13-9/h3-6H,7-8H2,1-2H3,(H,14,17). The van der Waals surface area contributed by atoms with Crippen LogP contribution in [0, 0.1) is 0 Å². The number of aromatic nitrogens is 1. The first kappa shape index (κ1) is 11.6. The zero-order chi connectivity index (χ0) is 12.5. The first-order valence-corrected chi connectivity index (χ1v) is 5.50. The molecule has 17 heavy (non-hydrogen) atoms. The van der Waals surface area contributed by atoms with E-state index in [0.29, 0.717) is 6.54 Å². The molecule has 0 bridgehead atoms. The van der Waals surface area contributed by atoms with Gasteiger partial charge in [0.15, 0.2) is 0 Å². The van der Waals surface area contributed by atoms with Crippen molar-refractivity contribution in [1.82, 2.24) is 15.2 Å². The Morgan fingerprint density at radius 2 is 2.18 bits per heavy atom. The zero-order valence-corrected chi connectivity index (χ0v) is 9.93. The predicted molar refractivity (Wildman–Crippen MR) is 61.9 cm³/mol. The molecule has 1 saturated heterocycles. The maximum atomic E-state index is 11.8. The first-order valence-electron chi connectivity index (χ1n) is 5.50. The number of carbonyl (C=O) groups excluding carboxylic acids is 2. The number of hydrogen-bond donors (Lipinski definition) is 1. The third-order valence-corrected chi connectivity index (χ3v) is 2.98. The fraction of sp³-hybridized carbons (Fsp3) is 0.417. The van der Waals surface area contributed by atoms with Crippen molar-refractivity contribution in [2.45, 2.75) is 25.9 Å². The summed E-state index contributed by atoms with van der Waals surface area (Å²) in [6.45, 7) is 3.90. The minimum absolute atomic E-state index is 0.0646. The molecular formula is C12H15N3O2. The molecule has 2 amide bonds. The average Bonchev–Trinajstić information content (AvgIpc) is 2.32. The summed E-state index contributed by atoms with van der Waals surface area (Å²) in [5.74, 6) is -0.215. The quantitative estimate of drug-likeness (QED) is 0.800. The molecule has 2 heterocycles. The van der Waals surface area contributed by atoms with Gasteiger partial charge in [0, 0.05) is 6.20 Å². The number of amides is 2. The Bertz CT molecular complexity index is 442. The molecule has 0 atom stereocenters. The number of pyridine rings is 1. The summed E-state index contributed by atoms with van der Waals surface area (Å²) in [6.07, 6.45) is 1.68. The van der Waals surface area contributed by atoms with Crippen LogP contribution in [0.5, 0.6) is 0 Å². The van der Waals surface area contributed by atoms with Crippen molar-refractivity contribution >= 4 is 11.8 Å². The lowest BCUT2D eigenvalue weighted by Gasteiger charge is -2.40. The molecule has 1 aromatic heterocycles. The number of nitrogens with one attached hydrogen (secondary N) is 1. The van der Waals surface area contributed by atoms with Gasteiger partial charge in [0.1, 0.15) is 5.54 Å². The summed E-state index contributed by atoms with van der Waals surface area (Å²) in [5, 5.41) is 2.59. The van der Waals surface area contributed by atoms with Crippen molar-refractivity contribution in [2.75, 3.05) is 6.54 Å². The second-order valence-corrected chi connectivity index (χ2v) is 4.54. The fourth-order valence-corrected chi connectivity index (χ4v) is 1.84. The summed E-state index contributed by atoms with van der Waals surface area (Å²) in [7, 11) is 0. The van der Waals surface area contributed by atoms with Gasteiger partial charge in [0.25, 0.3) is 0 Å². The summed E-state index contributed by atoms with van der Waals surface area (Å²) in [6, 6.07) is 5.53. The Morgan fingerprint density at radius 3 is 2.82 bits per heavy atom. The van der Waals surface area contributed by atoms with Gasteiger partial charge in [0.2, 0.25) is 11.8 Å². The molecule has 1 N–H and O–H groups in total. The number of rotatable bonds is 2. The van der Waals surface area contributed by atoms with E-state index >= 15 is 0 Å². The molecular weight excluding hydrogens is 218 g/mol. The summed E-state index contributed by atoms with van der Waals surface area (Å²) >= 11 is 0. The summed E-state index contributed by atoms with van der Waals surface area (Å²) in [5.41, 5.74) is -0.0454. The molecule has 5 heteroatoms. The minimum atomic E-state index is -0.827. The van der Waals surface area contributed by atoms with Gasteiger partial charge in [-0.15, -0.1) is 0 Å². The Labute approximate surface area is 99.8 Å². The second-order valence-electron chi connectivity index (χ2n) is 4.54. The Morgan fingerprint density at radius 1 is 1.41 bits per heavy atom. The Balaban J connectivity index is 2.23. The smallest absolute Gasteiger partial charge is 0.245 e. The molecule has 1 aliphatic rings. The lowest BCUT2D eigenvalue weighted by atomic mass is 9.98. The van der Waals surface area contributed by atoms with Gasteiger partial charge in [-0.1, -0.05) is 6.07 Å². The summed E-state index contributed by atoms with van der Waals surface area (Å²) < 4.78 is 0. The van der Waals surface area contributed by atoms with Gasteiger partial charge >= 0.3 is 0 Å². The molecule has 1 aliphatic heterocycles. The maximum absolute atomic E-state index is 11.8. The van der Waals surface area contributed by atoms with E-state index in [2.05, 4.69) is 10.3 Å². The van der Waals surface area contributed by atoms with E-state index in [9.17, 15) is 9.59 Å². The lowest BCUT2D eigenvalue weighted by molar-refractivity contribution is -0.152. The van der Waals surface area contributed by atoms with Gasteiger partial charge in [-0.05, 0) is 26.0 Å². The lowest BCUT2D eigenvalue weighted by Crippen LogP contribution is -2.63. The van der Waals surface area contributed by atoms with Crippen LogP contribution >= 0.6 is 0 Å². The van der Waals surface area contributed by atoms with Crippen molar-refractivity contribution in [3.63, 3.8) is 0 Å². The Kier molecular flexibility index (Phi) is 2.83. The second kappa shape index (κ2) is 4.16. The molecule has 0 unspecified atom stereocenters. The van der Waals surface area contributed by atoms with E-state index in [-0.39, 0.29) is 18.4 Å². The van der Waals surface area contributed by atoms with Crippen LogP contribution < -0.4 is 5.32 Å². The number of carbonyl (C=O) groups is 2. The molecule has 0 radical (unpaired) electrons. The number of nitrogens with zero attached hydrogens (tertiary/aromatic N) is 2.